The van der Waals surface area contributed by atoms with E-state index in [4.69, 9.17) is 15.2 Å². The van der Waals surface area contributed by atoms with E-state index < -0.39 is 35.4 Å². The molecule has 1 aliphatic rings. The summed E-state index contributed by atoms with van der Waals surface area (Å²) in [5.74, 6) is -1.79. The highest BCUT2D eigenvalue weighted by Gasteiger charge is 2.41. The first-order chi connectivity index (χ1) is 22.7. The Balaban J connectivity index is 1.31. The van der Waals surface area contributed by atoms with Gasteiger partial charge in [0.15, 0.2) is 12.4 Å². The first kappa shape index (κ1) is 32.4. The van der Waals surface area contributed by atoms with Gasteiger partial charge in [0.1, 0.15) is 34.3 Å². The number of imide groups is 1. The van der Waals surface area contributed by atoms with E-state index in [9.17, 15) is 29.7 Å². The van der Waals surface area contributed by atoms with Crippen LogP contribution < -0.4 is 15.4 Å². The topological polar surface area (TPSA) is 176 Å². The third kappa shape index (κ3) is 6.69. The molecule has 0 spiro atoms. The Hall–Kier alpha value is -5.98. The Labute approximate surface area is 274 Å². The summed E-state index contributed by atoms with van der Waals surface area (Å²) in [6.45, 7) is 1.52. The van der Waals surface area contributed by atoms with Gasteiger partial charge in [0.25, 0.3) is 0 Å². The van der Waals surface area contributed by atoms with Crippen LogP contribution in [-0.2, 0) is 20.7 Å². The molecule has 1 aliphatic heterocycles. The zero-order valence-electron chi connectivity index (χ0n) is 25.4. The summed E-state index contributed by atoms with van der Waals surface area (Å²) in [5, 5.41) is 19.2. The maximum Gasteiger partial charge on any atom is 0.338 e. The number of hydrogen-bond donors (Lipinski definition) is 1. The van der Waals surface area contributed by atoms with E-state index in [1.54, 1.807) is 30.3 Å². The van der Waals surface area contributed by atoms with Crippen molar-refractivity contribution in [3.63, 3.8) is 0 Å². The number of benzene rings is 3. The molecule has 1 saturated heterocycles. The van der Waals surface area contributed by atoms with Crippen molar-refractivity contribution in [2.24, 2.45) is 0 Å². The van der Waals surface area contributed by atoms with Crippen molar-refractivity contribution in [3.05, 3.63) is 101 Å². The average molecular weight is 646 g/mol. The van der Waals surface area contributed by atoms with Gasteiger partial charge in [0.05, 0.1) is 29.2 Å². The number of rotatable bonds is 10. The number of amides is 2. The smallest absolute Gasteiger partial charge is 0.338 e. The highest BCUT2D eigenvalue weighted by molar-refractivity contribution is 8.00. The largest absolute Gasteiger partial charge is 0.497 e. The Morgan fingerprint density at radius 3 is 2.34 bits per heavy atom. The number of nitrogens with zero attached hydrogens (tertiary/aromatic N) is 4. The van der Waals surface area contributed by atoms with E-state index >= 15 is 0 Å². The number of thioether (sulfide) groups is 1. The molecule has 1 aromatic heterocycles. The van der Waals surface area contributed by atoms with Crippen LogP contribution in [0.25, 0.3) is 11.1 Å². The van der Waals surface area contributed by atoms with Gasteiger partial charge in [-0.1, -0.05) is 55.1 Å². The van der Waals surface area contributed by atoms with E-state index in [1.165, 1.54) is 37.4 Å². The van der Waals surface area contributed by atoms with Crippen LogP contribution in [0.15, 0.2) is 77.8 Å². The number of hydrogen-bond acceptors (Lipinski definition) is 11. The normalized spacial score (nSPS) is 14.0. The molecule has 1 unspecified atom stereocenters. The highest BCUT2D eigenvalue weighted by atomic mass is 32.2. The standard InChI is InChI=1S/C35H27N5O6S/c1-3-20-7-9-21(10-8-20)31-26(17-36)32(38)39-33(27(31)18-37)47-29-16-30(42)40(34(29)43)24-13-11-22(12-14-24)35(44)46-19-28(41)23-5-4-6-25(15-23)45-2/h4-15,29H,3,16,19H2,1-2H3,(H2,38,39). The minimum atomic E-state index is -0.919. The second-order valence-corrected chi connectivity index (χ2v) is 11.5. The predicted octanol–water partition coefficient (Wildman–Crippen LogP) is 5.11. The highest BCUT2D eigenvalue weighted by Crippen LogP contribution is 2.40. The molecule has 2 amide bonds. The van der Waals surface area contributed by atoms with Gasteiger partial charge in [-0.3, -0.25) is 14.4 Å². The fraction of sp³-hybridized carbons (Fsp3) is 0.171. The average Bonchev–Trinajstić information content (AvgIpc) is 3.38. The summed E-state index contributed by atoms with van der Waals surface area (Å²) >= 11 is 0.931. The number of esters is 1. The van der Waals surface area contributed by atoms with Gasteiger partial charge in [0.2, 0.25) is 11.8 Å². The van der Waals surface area contributed by atoms with Crippen LogP contribution in [0.1, 0.15) is 50.8 Å². The number of ether oxygens (including phenoxy) is 2. The number of carbonyl (C=O) groups excluding carboxylic acids is 4. The number of pyridine rings is 1. The van der Waals surface area contributed by atoms with Gasteiger partial charge in [-0.05, 0) is 53.9 Å². The third-order valence-electron chi connectivity index (χ3n) is 7.51. The van der Waals surface area contributed by atoms with Crippen LogP contribution in [0.3, 0.4) is 0 Å². The zero-order chi connectivity index (χ0) is 33.7. The van der Waals surface area contributed by atoms with E-state index in [1.807, 2.05) is 25.1 Å². The summed E-state index contributed by atoms with van der Waals surface area (Å²) in [7, 11) is 1.48. The molecule has 1 fully saturated rings. The first-order valence-corrected chi connectivity index (χ1v) is 15.3. The van der Waals surface area contributed by atoms with Gasteiger partial charge in [-0.25, -0.2) is 14.7 Å². The third-order valence-corrected chi connectivity index (χ3v) is 8.68. The number of nitrogen functional groups attached to an aromatic ring is 1. The van der Waals surface area contributed by atoms with Crippen LogP contribution in [-0.4, -0.2) is 47.5 Å². The maximum atomic E-state index is 13.5. The molecule has 0 aliphatic carbocycles. The second kappa shape index (κ2) is 14.0. The van der Waals surface area contributed by atoms with Crippen molar-refractivity contribution < 1.29 is 28.7 Å². The quantitative estimate of drug-likeness (QED) is 0.138. The van der Waals surface area contributed by atoms with Gasteiger partial charge in [0, 0.05) is 17.5 Å². The van der Waals surface area contributed by atoms with Crippen molar-refractivity contribution in [1.29, 1.82) is 10.5 Å². The number of aryl methyl sites for hydroxylation is 1. The number of nitrogens with two attached hydrogens (primary N) is 1. The number of carbonyl (C=O) groups is 4. The van der Waals surface area contributed by atoms with E-state index in [0.717, 1.165) is 28.6 Å². The molecule has 0 bridgehead atoms. The van der Waals surface area contributed by atoms with Gasteiger partial charge in [-0.15, -0.1) is 0 Å². The lowest BCUT2D eigenvalue weighted by molar-refractivity contribution is -0.121. The summed E-state index contributed by atoms with van der Waals surface area (Å²) in [6, 6.07) is 23.6. The summed E-state index contributed by atoms with van der Waals surface area (Å²) in [6.07, 6.45) is 0.635. The van der Waals surface area contributed by atoms with Crippen LogP contribution in [0, 0.1) is 22.7 Å². The van der Waals surface area contributed by atoms with Crippen LogP contribution in [0.2, 0.25) is 0 Å². The van der Waals surface area contributed by atoms with Crippen LogP contribution in [0.4, 0.5) is 11.5 Å². The van der Waals surface area contributed by atoms with Gasteiger partial charge in [-0.2, -0.15) is 10.5 Å². The van der Waals surface area contributed by atoms with E-state index in [-0.39, 0.29) is 39.6 Å². The lowest BCUT2D eigenvalue weighted by Gasteiger charge is -2.17. The molecule has 3 aromatic carbocycles. The number of nitriles is 2. The van der Waals surface area contributed by atoms with Gasteiger partial charge >= 0.3 is 5.97 Å². The molecule has 2 N–H and O–H groups in total. The minimum Gasteiger partial charge on any atom is -0.497 e. The van der Waals surface area contributed by atoms with Crippen molar-refractivity contribution in [2.75, 3.05) is 24.4 Å². The summed E-state index contributed by atoms with van der Waals surface area (Å²) < 4.78 is 10.3. The maximum absolute atomic E-state index is 13.5. The Kier molecular flexibility index (Phi) is 9.64. The second-order valence-electron chi connectivity index (χ2n) is 10.4. The molecule has 234 valence electrons. The SMILES string of the molecule is CCc1ccc(-c2c(C#N)c(N)nc(SC3CC(=O)N(c4ccc(C(=O)OCC(=O)c5cccc(OC)c5)cc4)C3=O)c2C#N)cc1. The molecule has 12 heteroatoms. The minimum absolute atomic E-state index is 0.0499. The molecule has 11 nitrogen and oxygen atoms in total. The lowest BCUT2D eigenvalue weighted by Crippen LogP contribution is -2.31. The molecule has 2 heterocycles. The Morgan fingerprint density at radius 1 is 1.00 bits per heavy atom. The number of anilines is 2. The molecule has 4 aromatic rings. The van der Waals surface area contributed by atoms with E-state index in [2.05, 4.69) is 11.1 Å². The first-order valence-electron chi connectivity index (χ1n) is 14.4. The fourth-order valence-corrected chi connectivity index (χ4v) is 6.14. The van der Waals surface area contributed by atoms with Crippen molar-refractivity contribution in [3.8, 4) is 29.0 Å². The number of aromatic nitrogens is 1. The van der Waals surface area contributed by atoms with E-state index in [0.29, 0.717) is 22.4 Å². The predicted molar refractivity (Wildman–Crippen MR) is 174 cm³/mol. The molecular weight excluding hydrogens is 618 g/mol. The summed E-state index contributed by atoms with van der Waals surface area (Å²) in [4.78, 5) is 56.9. The molecule has 1 atom stereocenters. The Bertz CT molecular complexity index is 1980. The zero-order valence-corrected chi connectivity index (χ0v) is 26.2. The van der Waals surface area contributed by atoms with Crippen LogP contribution >= 0.6 is 11.8 Å². The van der Waals surface area contributed by atoms with Crippen molar-refractivity contribution in [1.82, 2.24) is 4.98 Å². The molecule has 5 rings (SSSR count). The monoisotopic (exact) mass is 645 g/mol. The number of ketones is 1. The number of methoxy groups -OCH3 is 1. The lowest BCUT2D eigenvalue weighted by atomic mass is 9.96. The summed E-state index contributed by atoms with van der Waals surface area (Å²) in [5.41, 5.74) is 8.94. The van der Waals surface area contributed by atoms with Crippen molar-refractivity contribution in [2.45, 2.75) is 30.0 Å². The fourth-order valence-electron chi connectivity index (χ4n) is 5.02. The van der Waals surface area contributed by atoms with Crippen LogP contribution in [0.5, 0.6) is 5.75 Å². The number of Topliss-reactive ketones (excluding diaryl/α,β-unsaturated/α-hetero) is 1. The molecule has 0 radical (unpaired) electrons. The molecule has 0 saturated carbocycles. The Morgan fingerprint density at radius 2 is 1.70 bits per heavy atom. The van der Waals surface area contributed by atoms with Gasteiger partial charge < -0.3 is 15.2 Å². The molecular formula is C35H27N5O6S. The molecule has 47 heavy (non-hydrogen) atoms. The van der Waals surface area contributed by atoms with Crippen molar-refractivity contribution >= 4 is 46.8 Å².